The highest BCUT2D eigenvalue weighted by Gasteiger charge is 2.22. The van der Waals surface area contributed by atoms with Crippen LogP contribution >= 0.6 is 22.9 Å². The normalized spacial score (nSPS) is 16.0. The van der Waals surface area contributed by atoms with Crippen LogP contribution in [0, 0.1) is 6.92 Å². The fourth-order valence-corrected chi connectivity index (χ4v) is 4.28. The first-order valence-electron chi connectivity index (χ1n) is 9.09. The lowest BCUT2D eigenvalue weighted by Gasteiger charge is -2.30. The molecule has 4 nitrogen and oxygen atoms in total. The molecule has 2 heterocycles. The molecule has 1 aromatic heterocycles. The zero-order chi connectivity index (χ0) is 18.5. The van der Waals surface area contributed by atoms with E-state index in [2.05, 4.69) is 46.6 Å². The van der Waals surface area contributed by atoms with E-state index in [1.165, 1.54) is 24.0 Å². The Labute approximate surface area is 164 Å². The molecule has 0 fully saturated rings. The van der Waals surface area contributed by atoms with Crippen LogP contribution in [0.5, 0.6) is 5.75 Å². The van der Waals surface area contributed by atoms with Crippen molar-refractivity contribution in [2.75, 3.05) is 20.2 Å². The number of aliphatic imine (C=N–C) groups is 1. The molecule has 0 saturated carbocycles. The molecule has 0 spiro atoms. The number of aryl methyl sites for hydroxylation is 2. The van der Waals surface area contributed by atoms with E-state index in [9.17, 15) is 0 Å². The zero-order valence-electron chi connectivity index (χ0n) is 15.6. The smallest absolute Gasteiger partial charge is 0.140 e. The number of fused-ring (bicyclic) bond motifs is 1. The number of benzene rings is 1. The van der Waals surface area contributed by atoms with E-state index in [0.717, 1.165) is 29.3 Å². The topological polar surface area (TPSA) is 36.9 Å². The Kier molecular flexibility index (Phi) is 6.57. The van der Waals surface area contributed by atoms with Gasteiger partial charge < -0.3 is 9.64 Å². The number of unbranched alkanes of at least 4 members (excludes halogenated alkanes) is 1. The second kappa shape index (κ2) is 8.89. The first-order valence-corrected chi connectivity index (χ1v) is 10.3. The largest absolute Gasteiger partial charge is 0.490 e. The van der Waals surface area contributed by atoms with Crippen LogP contribution in [0.4, 0.5) is 5.00 Å². The van der Waals surface area contributed by atoms with E-state index in [4.69, 9.17) is 16.3 Å². The SMILES string of the molecule is CCCCc1cc(C)c(OCCNC2c3ccsc3N=CN2C)c(Cl)c1. The number of thiophene rings is 1. The van der Waals surface area contributed by atoms with Crippen LogP contribution in [0.2, 0.25) is 5.02 Å². The first-order chi connectivity index (χ1) is 12.6. The van der Waals surface area contributed by atoms with Gasteiger partial charge in [0.25, 0.3) is 0 Å². The van der Waals surface area contributed by atoms with Gasteiger partial charge >= 0.3 is 0 Å². The average molecular weight is 392 g/mol. The van der Waals surface area contributed by atoms with Crippen LogP contribution in [0.3, 0.4) is 0 Å². The van der Waals surface area contributed by atoms with Gasteiger partial charge in [-0.1, -0.05) is 31.0 Å². The third-order valence-electron chi connectivity index (χ3n) is 4.53. The molecule has 0 saturated heterocycles. The molecule has 1 aromatic carbocycles. The Balaban J connectivity index is 1.55. The van der Waals surface area contributed by atoms with Crippen LogP contribution in [-0.4, -0.2) is 31.4 Å². The molecule has 0 amide bonds. The third-order valence-corrected chi connectivity index (χ3v) is 5.64. The Morgan fingerprint density at radius 2 is 2.23 bits per heavy atom. The Morgan fingerprint density at radius 3 is 3.00 bits per heavy atom. The second-order valence-electron chi connectivity index (χ2n) is 6.62. The van der Waals surface area contributed by atoms with Gasteiger partial charge in [0, 0.05) is 19.2 Å². The van der Waals surface area contributed by atoms with Crippen LogP contribution in [0.15, 0.2) is 28.6 Å². The summed E-state index contributed by atoms with van der Waals surface area (Å²) in [7, 11) is 2.03. The van der Waals surface area contributed by atoms with Crippen molar-refractivity contribution in [2.24, 2.45) is 4.99 Å². The highest BCUT2D eigenvalue weighted by atomic mass is 35.5. The maximum absolute atomic E-state index is 6.45. The summed E-state index contributed by atoms with van der Waals surface area (Å²) in [6.07, 6.45) is 5.44. The molecule has 6 heteroatoms. The predicted molar refractivity (Wildman–Crippen MR) is 111 cm³/mol. The van der Waals surface area contributed by atoms with Gasteiger partial charge in [-0.25, -0.2) is 4.99 Å². The molecule has 0 aliphatic carbocycles. The number of hydrogen-bond donors (Lipinski definition) is 1. The van der Waals surface area contributed by atoms with E-state index >= 15 is 0 Å². The average Bonchev–Trinajstić information content (AvgIpc) is 3.09. The summed E-state index contributed by atoms with van der Waals surface area (Å²) in [4.78, 5) is 6.52. The van der Waals surface area contributed by atoms with Crippen molar-refractivity contribution < 1.29 is 4.74 Å². The fourth-order valence-electron chi connectivity index (χ4n) is 3.17. The quantitative estimate of drug-likeness (QED) is 0.618. The number of nitrogens with one attached hydrogen (secondary N) is 1. The van der Waals surface area contributed by atoms with Gasteiger partial charge in [0.2, 0.25) is 0 Å². The number of halogens is 1. The van der Waals surface area contributed by atoms with Crippen LogP contribution in [0.1, 0.15) is 42.6 Å². The van der Waals surface area contributed by atoms with Crippen molar-refractivity contribution in [1.29, 1.82) is 0 Å². The molecule has 1 atom stereocenters. The Bertz CT molecular complexity index is 751. The molecular formula is C20H26ClN3OS. The number of hydrogen-bond acceptors (Lipinski definition) is 5. The molecule has 1 aliphatic rings. The summed E-state index contributed by atoms with van der Waals surface area (Å²) in [5.41, 5.74) is 3.60. The molecular weight excluding hydrogens is 366 g/mol. The summed E-state index contributed by atoms with van der Waals surface area (Å²) in [5.74, 6) is 0.795. The van der Waals surface area contributed by atoms with Crippen molar-refractivity contribution in [2.45, 2.75) is 39.3 Å². The van der Waals surface area contributed by atoms with E-state index < -0.39 is 0 Å². The van der Waals surface area contributed by atoms with Crippen LogP contribution < -0.4 is 10.1 Å². The van der Waals surface area contributed by atoms with E-state index in [1.54, 1.807) is 11.3 Å². The van der Waals surface area contributed by atoms with Crippen LogP contribution in [0.25, 0.3) is 0 Å². The lowest BCUT2D eigenvalue weighted by molar-refractivity contribution is 0.264. The summed E-state index contributed by atoms with van der Waals surface area (Å²) < 4.78 is 5.98. The van der Waals surface area contributed by atoms with Gasteiger partial charge in [0.05, 0.1) is 11.4 Å². The number of nitrogens with zero attached hydrogens (tertiary/aromatic N) is 2. The minimum absolute atomic E-state index is 0.130. The molecule has 1 unspecified atom stereocenters. The van der Waals surface area contributed by atoms with Crippen molar-refractivity contribution in [3.63, 3.8) is 0 Å². The molecule has 3 rings (SSSR count). The van der Waals surface area contributed by atoms with Crippen LogP contribution in [-0.2, 0) is 6.42 Å². The van der Waals surface area contributed by atoms with E-state index in [0.29, 0.717) is 11.6 Å². The highest BCUT2D eigenvalue weighted by molar-refractivity contribution is 7.14. The fraction of sp³-hybridized carbons (Fsp3) is 0.450. The first kappa shape index (κ1) is 19.2. The van der Waals surface area contributed by atoms with Gasteiger partial charge in [0.15, 0.2) is 0 Å². The van der Waals surface area contributed by atoms with Crippen molar-refractivity contribution in [3.05, 3.63) is 45.3 Å². The molecule has 26 heavy (non-hydrogen) atoms. The van der Waals surface area contributed by atoms with Crippen molar-refractivity contribution >= 4 is 34.3 Å². The van der Waals surface area contributed by atoms with Gasteiger partial charge in [-0.15, -0.1) is 11.3 Å². The number of rotatable bonds is 8. The van der Waals surface area contributed by atoms with Crippen molar-refractivity contribution in [1.82, 2.24) is 10.2 Å². The summed E-state index contributed by atoms with van der Waals surface area (Å²) in [5, 5.41) is 7.39. The number of ether oxygens (including phenoxy) is 1. The van der Waals surface area contributed by atoms with Crippen molar-refractivity contribution in [3.8, 4) is 5.75 Å². The molecule has 1 N–H and O–H groups in total. The lowest BCUT2D eigenvalue weighted by Crippen LogP contribution is -2.38. The highest BCUT2D eigenvalue weighted by Crippen LogP contribution is 2.35. The molecule has 0 radical (unpaired) electrons. The lowest BCUT2D eigenvalue weighted by atomic mass is 10.1. The molecule has 2 aromatic rings. The zero-order valence-corrected chi connectivity index (χ0v) is 17.2. The van der Waals surface area contributed by atoms with E-state index in [1.807, 2.05) is 19.5 Å². The molecule has 140 valence electrons. The Morgan fingerprint density at radius 1 is 1.38 bits per heavy atom. The minimum atomic E-state index is 0.130. The maximum atomic E-state index is 6.45. The molecule has 1 aliphatic heterocycles. The summed E-state index contributed by atoms with van der Waals surface area (Å²) >= 11 is 8.11. The monoisotopic (exact) mass is 391 g/mol. The summed E-state index contributed by atoms with van der Waals surface area (Å²) in [6, 6.07) is 6.35. The standard InChI is InChI=1S/C20H26ClN3OS/c1-4-5-6-15-11-14(2)18(17(21)12-15)25-9-8-22-19-16-7-10-26-20(16)23-13-24(19)3/h7,10-13,19,22H,4-6,8-9H2,1-3H3. The minimum Gasteiger partial charge on any atom is -0.490 e. The molecule has 0 bridgehead atoms. The van der Waals surface area contributed by atoms with Gasteiger partial charge in [-0.05, 0) is 48.4 Å². The van der Waals surface area contributed by atoms with Gasteiger partial charge in [-0.3, -0.25) is 5.32 Å². The third kappa shape index (κ3) is 4.40. The predicted octanol–water partition coefficient (Wildman–Crippen LogP) is 5.32. The van der Waals surface area contributed by atoms with E-state index in [-0.39, 0.29) is 6.17 Å². The maximum Gasteiger partial charge on any atom is 0.140 e. The van der Waals surface area contributed by atoms with Gasteiger partial charge in [0.1, 0.15) is 23.5 Å². The van der Waals surface area contributed by atoms with Gasteiger partial charge in [-0.2, -0.15) is 0 Å². The second-order valence-corrected chi connectivity index (χ2v) is 7.93. The Hall–Kier alpha value is -1.56. The summed E-state index contributed by atoms with van der Waals surface area (Å²) in [6.45, 7) is 5.56.